The van der Waals surface area contributed by atoms with Gasteiger partial charge in [-0.2, -0.15) is 5.10 Å². The number of hydrogen-bond donors (Lipinski definition) is 2. The predicted octanol–water partition coefficient (Wildman–Crippen LogP) is 2.26. The van der Waals surface area contributed by atoms with Crippen molar-refractivity contribution >= 4 is 23.5 Å². The zero-order valence-electron chi connectivity index (χ0n) is 16.7. The number of carbonyl (C=O) groups is 2. The van der Waals surface area contributed by atoms with Gasteiger partial charge in [0.05, 0.1) is 12.8 Å². The van der Waals surface area contributed by atoms with Crippen molar-refractivity contribution < 1.29 is 14.3 Å². The van der Waals surface area contributed by atoms with Gasteiger partial charge in [0, 0.05) is 44.5 Å². The van der Waals surface area contributed by atoms with Crippen LogP contribution in [0.3, 0.4) is 0 Å². The first-order valence-corrected chi connectivity index (χ1v) is 9.32. The van der Waals surface area contributed by atoms with Gasteiger partial charge in [-0.3, -0.25) is 4.79 Å². The van der Waals surface area contributed by atoms with Crippen molar-refractivity contribution in [2.24, 2.45) is 0 Å². The van der Waals surface area contributed by atoms with E-state index in [0.29, 0.717) is 36.7 Å². The van der Waals surface area contributed by atoms with Crippen LogP contribution in [0.1, 0.15) is 17.3 Å². The van der Waals surface area contributed by atoms with Crippen LogP contribution >= 0.6 is 0 Å². The highest BCUT2D eigenvalue weighted by Crippen LogP contribution is 2.24. The Morgan fingerprint density at radius 3 is 2.66 bits per heavy atom. The minimum absolute atomic E-state index is 0.131. The van der Waals surface area contributed by atoms with Crippen LogP contribution in [0.25, 0.3) is 16.8 Å². The summed E-state index contributed by atoms with van der Waals surface area (Å²) in [6.45, 7) is 3.14. The quantitative estimate of drug-likeness (QED) is 0.635. The molecule has 2 amide bonds. The zero-order chi connectivity index (χ0) is 20.8. The number of amides is 2. The molecule has 0 aliphatic rings. The smallest absolute Gasteiger partial charge is 0.409 e. The summed E-state index contributed by atoms with van der Waals surface area (Å²) in [7, 11) is 3.29. The summed E-state index contributed by atoms with van der Waals surface area (Å²) in [6.07, 6.45) is 3.22. The highest BCUT2D eigenvalue weighted by atomic mass is 16.5. The molecule has 152 valence electrons. The summed E-state index contributed by atoms with van der Waals surface area (Å²) in [6, 6.07) is 9.11. The van der Waals surface area contributed by atoms with E-state index in [2.05, 4.69) is 20.7 Å². The molecule has 0 atom stereocenters. The van der Waals surface area contributed by atoms with Crippen LogP contribution < -0.4 is 10.6 Å². The van der Waals surface area contributed by atoms with Crippen molar-refractivity contribution in [2.75, 3.05) is 39.1 Å². The number of rotatable bonds is 7. The monoisotopic (exact) mass is 396 g/mol. The standard InChI is InChI=1S/C20H24N6O3/c1-4-29-20(28)25(3)12-10-22-17-9-11-26-18(24-17)16(13-23-26)14-5-7-15(8-6-14)19(27)21-2/h5-9,11,13H,4,10,12H2,1-3H3,(H,21,27)(H,22,24). The van der Waals surface area contributed by atoms with Crippen LogP contribution in [0.4, 0.5) is 10.6 Å². The first-order chi connectivity index (χ1) is 14.0. The van der Waals surface area contributed by atoms with Crippen molar-refractivity contribution in [1.82, 2.24) is 24.8 Å². The molecular formula is C20H24N6O3. The molecule has 9 heteroatoms. The maximum absolute atomic E-state index is 11.7. The number of fused-ring (bicyclic) bond motifs is 1. The van der Waals surface area contributed by atoms with Crippen LogP contribution in [0, 0.1) is 0 Å². The van der Waals surface area contributed by atoms with Crippen LogP contribution in [0.2, 0.25) is 0 Å². The lowest BCUT2D eigenvalue weighted by molar-refractivity contribution is 0.0963. The van der Waals surface area contributed by atoms with Crippen molar-refractivity contribution in [3.8, 4) is 11.1 Å². The van der Waals surface area contributed by atoms with Crippen LogP contribution in [0.15, 0.2) is 42.7 Å². The fourth-order valence-electron chi connectivity index (χ4n) is 2.79. The van der Waals surface area contributed by atoms with E-state index in [1.54, 1.807) is 43.9 Å². The average Bonchev–Trinajstić information content (AvgIpc) is 3.16. The molecule has 0 saturated carbocycles. The molecule has 3 aromatic rings. The van der Waals surface area contributed by atoms with Gasteiger partial charge in [0.2, 0.25) is 0 Å². The van der Waals surface area contributed by atoms with Gasteiger partial charge in [0.1, 0.15) is 5.82 Å². The third kappa shape index (κ3) is 4.63. The summed E-state index contributed by atoms with van der Waals surface area (Å²) in [5, 5.41) is 10.2. The second kappa shape index (κ2) is 9.05. The van der Waals surface area contributed by atoms with E-state index in [1.165, 1.54) is 4.90 Å². The van der Waals surface area contributed by atoms with E-state index >= 15 is 0 Å². The molecule has 9 nitrogen and oxygen atoms in total. The Morgan fingerprint density at radius 1 is 1.21 bits per heavy atom. The van der Waals surface area contributed by atoms with Crippen molar-refractivity contribution in [2.45, 2.75) is 6.92 Å². The summed E-state index contributed by atoms with van der Waals surface area (Å²) in [5.41, 5.74) is 3.07. The molecule has 2 heterocycles. The molecule has 0 radical (unpaired) electrons. The number of nitrogens with one attached hydrogen (secondary N) is 2. The fraction of sp³-hybridized carbons (Fsp3) is 0.300. The molecule has 2 aromatic heterocycles. The van der Waals surface area contributed by atoms with E-state index in [0.717, 1.165) is 11.1 Å². The first kappa shape index (κ1) is 20.1. The number of nitrogens with zero attached hydrogens (tertiary/aromatic N) is 4. The minimum atomic E-state index is -0.351. The van der Waals surface area contributed by atoms with Gasteiger partial charge in [-0.1, -0.05) is 12.1 Å². The second-order valence-electron chi connectivity index (χ2n) is 6.34. The molecule has 2 N–H and O–H groups in total. The number of benzene rings is 1. The number of carbonyl (C=O) groups excluding carboxylic acids is 2. The Labute approximate surface area is 168 Å². The normalized spacial score (nSPS) is 10.6. The number of aromatic nitrogens is 3. The molecule has 0 aliphatic carbocycles. The summed E-state index contributed by atoms with van der Waals surface area (Å²) in [4.78, 5) is 29.5. The van der Waals surface area contributed by atoms with Crippen molar-refractivity contribution in [3.05, 3.63) is 48.3 Å². The molecular weight excluding hydrogens is 372 g/mol. The first-order valence-electron chi connectivity index (χ1n) is 9.32. The fourth-order valence-corrected chi connectivity index (χ4v) is 2.79. The van der Waals surface area contributed by atoms with E-state index in [1.807, 2.05) is 24.4 Å². The maximum Gasteiger partial charge on any atom is 0.409 e. The predicted molar refractivity (Wildman–Crippen MR) is 110 cm³/mol. The number of anilines is 1. The van der Waals surface area contributed by atoms with Crippen LogP contribution in [-0.2, 0) is 4.74 Å². The molecule has 0 unspecified atom stereocenters. The average molecular weight is 396 g/mol. The number of hydrogen-bond acceptors (Lipinski definition) is 6. The van der Waals surface area contributed by atoms with Gasteiger partial charge in [-0.05, 0) is 30.7 Å². The van der Waals surface area contributed by atoms with Crippen molar-refractivity contribution in [3.63, 3.8) is 0 Å². The Balaban J connectivity index is 1.73. The van der Waals surface area contributed by atoms with E-state index in [4.69, 9.17) is 4.74 Å². The van der Waals surface area contributed by atoms with Gasteiger partial charge in [0.25, 0.3) is 5.91 Å². The molecule has 29 heavy (non-hydrogen) atoms. The van der Waals surface area contributed by atoms with Gasteiger partial charge >= 0.3 is 6.09 Å². The highest BCUT2D eigenvalue weighted by molar-refractivity contribution is 5.94. The van der Waals surface area contributed by atoms with E-state index in [-0.39, 0.29) is 12.0 Å². The molecule has 1 aromatic carbocycles. The van der Waals surface area contributed by atoms with Crippen molar-refractivity contribution in [1.29, 1.82) is 0 Å². The highest BCUT2D eigenvalue weighted by Gasteiger charge is 2.11. The topological polar surface area (TPSA) is 101 Å². The summed E-state index contributed by atoms with van der Waals surface area (Å²) >= 11 is 0. The maximum atomic E-state index is 11.7. The lowest BCUT2D eigenvalue weighted by Gasteiger charge is -2.16. The Hall–Kier alpha value is -3.62. The van der Waals surface area contributed by atoms with E-state index < -0.39 is 0 Å². The number of ether oxygens (including phenoxy) is 1. The SMILES string of the molecule is CCOC(=O)N(C)CCNc1ccn2ncc(-c3ccc(C(=O)NC)cc3)c2n1. The Bertz CT molecular complexity index is 999. The minimum Gasteiger partial charge on any atom is -0.450 e. The molecule has 0 aliphatic heterocycles. The van der Waals surface area contributed by atoms with Gasteiger partial charge in [-0.15, -0.1) is 0 Å². The molecule has 0 fully saturated rings. The zero-order valence-corrected chi connectivity index (χ0v) is 16.7. The Morgan fingerprint density at radius 2 is 1.97 bits per heavy atom. The van der Waals surface area contributed by atoms with Gasteiger partial charge in [0.15, 0.2) is 5.65 Å². The second-order valence-corrected chi connectivity index (χ2v) is 6.34. The molecule has 0 saturated heterocycles. The Kier molecular flexibility index (Phi) is 6.28. The van der Waals surface area contributed by atoms with Crippen LogP contribution in [-0.4, -0.2) is 65.3 Å². The van der Waals surface area contributed by atoms with Gasteiger partial charge < -0.3 is 20.3 Å². The lowest BCUT2D eigenvalue weighted by atomic mass is 10.1. The summed E-state index contributed by atoms with van der Waals surface area (Å²) in [5.74, 6) is 0.548. The third-order valence-electron chi connectivity index (χ3n) is 4.39. The lowest BCUT2D eigenvalue weighted by Crippen LogP contribution is -2.32. The summed E-state index contributed by atoms with van der Waals surface area (Å²) < 4.78 is 6.65. The van der Waals surface area contributed by atoms with Crippen LogP contribution in [0.5, 0.6) is 0 Å². The van der Waals surface area contributed by atoms with Gasteiger partial charge in [-0.25, -0.2) is 14.3 Å². The number of likely N-dealkylation sites (N-methyl/N-ethyl adjacent to an activating group) is 1. The molecule has 0 bridgehead atoms. The molecule has 0 spiro atoms. The van der Waals surface area contributed by atoms with E-state index in [9.17, 15) is 9.59 Å². The molecule has 3 rings (SSSR count). The third-order valence-corrected chi connectivity index (χ3v) is 4.39. The largest absolute Gasteiger partial charge is 0.450 e.